The van der Waals surface area contributed by atoms with Crippen molar-refractivity contribution in [3.05, 3.63) is 59.2 Å². The quantitative estimate of drug-likeness (QED) is 0.758. The number of pyridine rings is 2. The molecule has 2 unspecified atom stereocenters. The predicted molar refractivity (Wildman–Crippen MR) is 86.4 cm³/mol. The van der Waals surface area contributed by atoms with E-state index in [9.17, 15) is 22.0 Å². The van der Waals surface area contributed by atoms with Gasteiger partial charge < -0.3 is 0 Å². The summed E-state index contributed by atoms with van der Waals surface area (Å²) in [5.74, 6) is -1.34. The maximum atomic E-state index is 13.8. The Kier molecular flexibility index (Phi) is 4.59. The van der Waals surface area contributed by atoms with Crippen molar-refractivity contribution in [2.24, 2.45) is 0 Å². The van der Waals surface area contributed by atoms with Crippen molar-refractivity contribution in [2.75, 3.05) is 13.1 Å². The second-order valence-corrected chi connectivity index (χ2v) is 7.04. The first-order valence-corrected chi connectivity index (χ1v) is 8.60. The summed E-state index contributed by atoms with van der Waals surface area (Å²) in [5, 5.41) is 0. The Morgan fingerprint density at radius 3 is 2.33 bits per heavy atom. The molecule has 0 radical (unpaired) electrons. The van der Waals surface area contributed by atoms with E-state index in [1.807, 2.05) is 0 Å². The SMILES string of the molecule is Fc1cnc(CN2C3CC2CN(Cc2ccc(C(F)(F)F)nc2)C3)c(F)c1. The molecule has 2 aromatic heterocycles. The second-order valence-electron chi connectivity index (χ2n) is 7.04. The van der Waals surface area contributed by atoms with Gasteiger partial charge >= 0.3 is 6.18 Å². The minimum Gasteiger partial charge on any atom is -0.296 e. The van der Waals surface area contributed by atoms with Crippen LogP contribution in [-0.4, -0.2) is 44.9 Å². The average molecular weight is 384 g/mol. The number of nitrogens with zero attached hydrogens (tertiary/aromatic N) is 4. The van der Waals surface area contributed by atoms with Crippen LogP contribution in [0.1, 0.15) is 23.4 Å². The highest BCUT2D eigenvalue weighted by Crippen LogP contribution is 2.34. The van der Waals surface area contributed by atoms with E-state index in [1.165, 1.54) is 12.3 Å². The molecule has 3 aliphatic heterocycles. The van der Waals surface area contributed by atoms with E-state index in [0.29, 0.717) is 13.1 Å². The highest BCUT2D eigenvalue weighted by molar-refractivity contribution is 5.17. The molecule has 3 saturated heterocycles. The van der Waals surface area contributed by atoms with Gasteiger partial charge in [-0.25, -0.2) is 8.78 Å². The molecule has 4 nitrogen and oxygen atoms in total. The molecule has 9 heteroatoms. The van der Waals surface area contributed by atoms with Crippen LogP contribution in [0.3, 0.4) is 0 Å². The first kappa shape index (κ1) is 18.2. The largest absolute Gasteiger partial charge is 0.433 e. The molecule has 0 amide bonds. The number of piperazine rings is 1. The number of hydrogen-bond acceptors (Lipinski definition) is 4. The zero-order valence-corrected chi connectivity index (χ0v) is 14.3. The third-order valence-electron chi connectivity index (χ3n) is 5.16. The number of alkyl halides is 3. The van der Waals surface area contributed by atoms with E-state index in [-0.39, 0.29) is 17.8 Å². The minimum atomic E-state index is -4.44. The average Bonchev–Trinajstić information content (AvgIpc) is 2.60. The Morgan fingerprint density at radius 2 is 1.74 bits per heavy atom. The van der Waals surface area contributed by atoms with Crippen LogP contribution in [0.4, 0.5) is 22.0 Å². The van der Waals surface area contributed by atoms with Crippen LogP contribution in [0.15, 0.2) is 30.6 Å². The summed E-state index contributed by atoms with van der Waals surface area (Å²) < 4.78 is 64.5. The number of rotatable bonds is 4. The Balaban J connectivity index is 1.35. The molecule has 27 heavy (non-hydrogen) atoms. The van der Waals surface area contributed by atoms with Gasteiger partial charge in [0, 0.05) is 50.5 Å². The van der Waals surface area contributed by atoms with Gasteiger partial charge in [0.25, 0.3) is 0 Å². The minimum absolute atomic E-state index is 0.228. The van der Waals surface area contributed by atoms with Gasteiger partial charge in [-0.15, -0.1) is 0 Å². The Labute approximate surface area is 152 Å². The summed E-state index contributed by atoms with van der Waals surface area (Å²) >= 11 is 0. The van der Waals surface area contributed by atoms with Crippen molar-refractivity contribution in [3.63, 3.8) is 0 Å². The van der Waals surface area contributed by atoms with Crippen LogP contribution in [0.5, 0.6) is 0 Å². The lowest BCUT2D eigenvalue weighted by atomic mass is 9.87. The van der Waals surface area contributed by atoms with Gasteiger partial charge in [0.2, 0.25) is 0 Å². The summed E-state index contributed by atoms with van der Waals surface area (Å²) in [7, 11) is 0. The fourth-order valence-electron chi connectivity index (χ4n) is 3.84. The first-order valence-electron chi connectivity index (χ1n) is 8.60. The zero-order chi connectivity index (χ0) is 19.2. The molecular formula is C18H17F5N4. The third-order valence-corrected chi connectivity index (χ3v) is 5.16. The molecule has 144 valence electrons. The molecule has 5 rings (SSSR count). The van der Waals surface area contributed by atoms with Gasteiger partial charge in [-0.2, -0.15) is 13.2 Å². The van der Waals surface area contributed by atoms with Gasteiger partial charge in [-0.1, -0.05) is 6.07 Å². The normalized spacial score (nSPS) is 23.3. The van der Waals surface area contributed by atoms with E-state index in [1.54, 1.807) is 0 Å². The van der Waals surface area contributed by atoms with E-state index < -0.39 is 23.5 Å². The highest BCUT2D eigenvalue weighted by atomic mass is 19.4. The lowest BCUT2D eigenvalue weighted by Crippen LogP contribution is -2.67. The lowest BCUT2D eigenvalue weighted by molar-refractivity contribution is -0.141. The van der Waals surface area contributed by atoms with Gasteiger partial charge in [0.1, 0.15) is 17.3 Å². The Morgan fingerprint density at radius 1 is 1.00 bits per heavy atom. The van der Waals surface area contributed by atoms with Crippen molar-refractivity contribution >= 4 is 0 Å². The van der Waals surface area contributed by atoms with Crippen LogP contribution in [0, 0.1) is 11.6 Å². The molecule has 2 bridgehead atoms. The van der Waals surface area contributed by atoms with Crippen LogP contribution in [0.2, 0.25) is 0 Å². The van der Waals surface area contributed by atoms with Gasteiger partial charge in [0.05, 0.1) is 11.9 Å². The third kappa shape index (κ3) is 3.79. The predicted octanol–water partition coefficient (Wildman–Crippen LogP) is 3.23. The molecular weight excluding hydrogens is 367 g/mol. The Hall–Kier alpha value is -2.13. The van der Waals surface area contributed by atoms with E-state index >= 15 is 0 Å². The second kappa shape index (κ2) is 6.79. The number of fused-ring (bicyclic) bond motifs is 2. The molecule has 0 aliphatic carbocycles. The van der Waals surface area contributed by atoms with E-state index in [0.717, 1.165) is 43.4 Å². The molecule has 0 N–H and O–H groups in total. The van der Waals surface area contributed by atoms with Crippen molar-refractivity contribution in [1.82, 2.24) is 19.8 Å². The maximum absolute atomic E-state index is 13.8. The highest BCUT2D eigenvalue weighted by Gasteiger charge is 2.44. The zero-order valence-electron chi connectivity index (χ0n) is 14.3. The van der Waals surface area contributed by atoms with Gasteiger partial charge in [-0.3, -0.25) is 19.8 Å². The standard InChI is InChI=1S/C18H17F5N4/c19-12-3-15(20)16(24-6-12)10-27-13-4-14(27)9-26(8-13)7-11-1-2-17(25-5-11)18(21,22)23/h1-3,5-6,13-14H,4,7-10H2. The van der Waals surface area contributed by atoms with Crippen molar-refractivity contribution < 1.29 is 22.0 Å². The number of halogens is 5. The van der Waals surface area contributed by atoms with E-state index in [2.05, 4.69) is 19.8 Å². The van der Waals surface area contributed by atoms with Crippen molar-refractivity contribution in [3.8, 4) is 0 Å². The number of piperidine rings is 1. The summed E-state index contributed by atoms with van der Waals surface area (Å²) in [6.45, 7) is 2.33. The lowest BCUT2D eigenvalue weighted by Gasteiger charge is -2.56. The summed E-state index contributed by atoms with van der Waals surface area (Å²) in [6.07, 6.45) is -1.17. The fourth-order valence-corrected chi connectivity index (χ4v) is 3.84. The fraction of sp³-hybridized carbons (Fsp3) is 0.444. The Bertz CT molecular complexity index is 811. The molecule has 2 aromatic rings. The molecule has 0 saturated carbocycles. The van der Waals surface area contributed by atoms with Crippen LogP contribution in [0.25, 0.3) is 0 Å². The topological polar surface area (TPSA) is 32.3 Å². The summed E-state index contributed by atoms with van der Waals surface area (Å²) in [4.78, 5) is 11.6. The first-order chi connectivity index (χ1) is 12.8. The molecule has 3 aliphatic rings. The molecule has 0 spiro atoms. The molecule has 0 aromatic carbocycles. The van der Waals surface area contributed by atoms with Crippen LogP contribution >= 0.6 is 0 Å². The number of hydrogen-bond donors (Lipinski definition) is 0. The van der Waals surface area contributed by atoms with Crippen molar-refractivity contribution in [2.45, 2.75) is 37.8 Å². The molecule has 3 fully saturated rings. The molecule has 5 heterocycles. The summed E-state index contributed by atoms with van der Waals surface area (Å²) in [5.41, 5.74) is 0.0568. The summed E-state index contributed by atoms with van der Waals surface area (Å²) in [6, 6.07) is 3.75. The van der Waals surface area contributed by atoms with Crippen molar-refractivity contribution in [1.29, 1.82) is 0 Å². The molecule has 2 atom stereocenters. The van der Waals surface area contributed by atoms with Crippen LogP contribution < -0.4 is 0 Å². The maximum Gasteiger partial charge on any atom is 0.433 e. The monoisotopic (exact) mass is 384 g/mol. The van der Waals surface area contributed by atoms with E-state index in [4.69, 9.17) is 0 Å². The number of aromatic nitrogens is 2. The van der Waals surface area contributed by atoms with Gasteiger partial charge in [0.15, 0.2) is 0 Å². The van der Waals surface area contributed by atoms with Crippen LogP contribution in [-0.2, 0) is 19.3 Å². The van der Waals surface area contributed by atoms with Gasteiger partial charge in [-0.05, 0) is 18.1 Å². The smallest absolute Gasteiger partial charge is 0.296 e.